The molecule has 1 N–H and O–H groups in total. The monoisotopic (exact) mass is 170 g/mol. The molecule has 1 aromatic carbocycles. The standard InChI is InChI=1S/C7H7ClN2O/c8-7-3-1-6(2-4-7)5-11-10-9/h1-4,9H,5H2. The molecule has 0 fully saturated rings. The van der Waals surface area contributed by atoms with Crippen LogP contribution in [-0.2, 0) is 11.4 Å². The minimum atomic E-state index is 0.320. The van der Waals surface area contributed by atoms with Crippen molar-refractivity contribution in [3.63, 3.8) is 0 Å². The molecule has 0 aliphatic carbocycles. The van der Waals surface area contributed by atoms with Gasteiger partial charge in [0.05, 0.1) is 0 Å². The Morgan fingerprint density at radius 2 is 2.00 bits per heavy atom. The third-order valence-corrected chi connectivity index (χ3v) is 1.46. The van der Waals surface area contributed by atoms with E-state index in [-0.39, 0.29) is 0 Å². The molecule has 0 saturated heterocycles. The molecule has 1 rings (SSSR count). The summed E-state index contributed by atoms with van der Waals surface area (Å²) in [4.78, 5) is 4.51. The van der Waals surface area contributed by atoms with Gasteiger partial charge in [-0.05, 0) is 17.7 Å². The number of nitrogens with one attached hydrogen (secondary N) is 1. The molecule has 11 heavy (non-hydrogen) atoms. The molecule has 0 aliphatic heterocycles. The quantitative estimate of drug-likeness (QED) is 0.550. The second-order valence-corrected chi connectivity index (χ2v) is 2.43. The van der Waals surface area contributed by atoms with Crippen LogP contribution in [0.1, 0.15) is 5.56 Å². The highest BCUT2D eigenvalue weighted by molar-refractivity contribution is 6.30. The van der Waals surface area contributed by atoms with Crippen molar-refractivity contribution in [3.8, 4) is 0 Å². The first-order valence-corrected chi connectivity index (χ1v) is 3.44. The van der Waals surface area contributed by atoms with Gasteiger partial charge in [0, 0.05) is 10.3 Å². The van der Waals surface area contributed by atoms with Crippen molar-refractivity contribution in [2.75, 3.05) is 0 Å². The second-order valence-electron chi connectivity index (χ2n) is 1.99. The third-order valence-electron chi connectivity index (χ3n) is 1.21. The van der Waals surface area contributed by atoms with Gasteiger partial charge in [-0.25, -0.2) is 0 Å². The SMILES string of the molecule is N=NOCc1ccc(Cl)cc1. The normalized spacial score (nSPS) is 9.18. The number of hydrogen-bond acceptors (Lipinski definition) is 3. The molecule has 58 valence electrons. The molecule has 1 aromatic rings. The minimum Gasteiger partial charge on any atom is -0.375 e. The maximum atomic E-state index is 6.37. The summed E-state index contributed by atoms with van der Waals surface area (Å²) in [6, 6.07) is 7.19. The largest absolute Gasteiger partial charge is 0.375 e. The van der Waals surface area contributed by atoms with Crippen LogP contribution in [0.3, 0.4) is 0 Å². The van der Waals surface area contributed by atoms with Crippen LogP contribution in [0.15, 0.2) is 29.5 Å². The molecule has 0 radical (unpaired) electrons. The molecule has 0 heterocycles. The first-order chi connectivity index (χ1) is 5.33. The summed E-state index contributed by atoms with van der Waals surface area (Å²) in [5.41, 5.74) is 7.32. The van der Waals surface area contributed by atoms with Crippen LogP contribution in [-0.4, -0.2) is 0 Å². The Morgan fingerprint density at radius 3 is 2.55 bits per heavy atom. The maximum absolute atomic E-state index is 6.37. The number of nitrogens with zero attached hydrogens (tertiary/aromatic N) is 1. The van der Waals surface area contributed by atoms with Gasteiger partial charge in [-0.3, -0.25) is 0 Å². The zero-order valence-electron chi connectivity index (χ0n) is 5.75. The molecular weight excluding hydrogens is 164 g/mol. The lowest BCUT2D eigenvalue weighted by atomic mass is 10.2. The Balaban J connectivity index is 2.58. The highest BCUT2D eigenvalue weighted by Gasteiger charge is 1.91. The summed E-state index contributed by atoms with van der Waals surface area (Å²) in [5.74, 6) is 0. The van der Waals surface area contributed by atoms with Crippen LogP contribution in [0.25, 0.3) is 0 Å². The Morgan fingerprint density at radius 1 is 1.36 bits per heavy atom. The van der Waals surface area contributed by atoms with E-state index < -0.39 is 0 Å². The van der Waals surface area contributed by atoms with Crippen molar-refractivity contribution >= 4 is 11.6 Å². The summed E-state index contributed by atoms with van der Waals surface area (Å²) in [6.07, 6.45) is 0. The van der Waals surface area contributed by atoms with Gasteiger partial charge in [0.1, 0.15) is 6.61 Å². The number of rotatable bonds is 3. The van der Waals surface area contributed by atoms with Crippen molar-refractivity contribution in [1.29, 1.82) is 5.53 Å². The number of halogens is 1. The molecule has 0 spiro atoms. The first kappa shape index (κ1) is 8.01. The van der Waals surface area contributed by atoms with E-state index >= 15 is 0 Å². The van der Waals surface area contributed by atoms with Crippen LogP contribution in [0, 0.1) is 5.53 Å². The zero-order chi connectivity index (χ0) is 8.10. The van der Waals surface area contributed by atoms with Gasteiger partial charge in [-0.2, -0.15) is 5.53 Å². The van der Waals surface area contributed by atoms with E-state index in [2.05, 4.69) is 10.1 Å². The van der Waals surface area contributed by atoms with E-state index in [0.29, 0.717) is 11.6 Å². The number of benzene rings is 1. The molecule has 3 nitrogen and oxygen atoms in total. The Hall–Kier alpha value is -1.09. The topological polar surface area (TPSA) is 45.4 Å². The summed E-state index contributed by atoms with van der Waals surface area (Å²) >= 11 is 5.64. The third kappa shape index (κ3) is 2.55. The van der Waals surface area contributed by atoms with Crippen molar-refractivity contribution in [1.82, 2.24) is 0 Å². The minimum absolute atomic E-state index is 0.320. The molecule has 0 saturated carbocycles. The van der Waals surface area contributed by atoms with E-state index in [0.717, 1.165) is 5.56 Å². The lowest BCUT2D eigenvalue weighted by Gasteiger charge is -1.96. The van der Waals surface area contributed by atoms with Gasteiger partial charge in [-0.1, -0.05) is 23.7 Å². The van der Waals surface area contributed by atoms with E-state index in [4.69, 9.17) is 17.1 Å². The molecule has 0 unspecified atom stereocenters. The van der Waals surface area contributed by atoms with Gasteiger partial charge in [-0.15, -0.1) is 0 Å². The van der Waals surface area contributed by atoms with Crippen molar-refractivity contribution < 1.29 is 4.84 Å². The lowest BCUT2D eigenvalue weighted by Crippen LogP contribution is -1.84. The molecule has 0 amide bonds. The summed E-state index contributed by atoms with van der Waals surface area (Å²) in [5, 5.41) is 3.46. The fourth-order valence-electron chi connectivity index (χ4n) is 0.687. The van der Waals surface area contributed by atoms with Crippen molar-refractivity contribution in [2.24, 2.45) is 5.28 Å². The predicted molar refractivity (Wildman–Crippen MR) is 41.4 cm³/mol. The molecular formula is C7H7ClN2O. The highest BCUT2D eigenvalue weighted by atomic mass is 35.5. The summed E-state index contributed by atoms with van der Waals surface area (Å²) < 4.78 is 0. The van der Waals surface area contributed by atoms with Crippen LogP contribution in [0.5, 0.6) is 0 Å². The summed E-state index contributed by atoms with van der Waals surface area (Å²) in [7, 11) is 0. The zero-order valence-corrected chi connectivity index (χ0v) is 6.51. The van der Waals surface area contributed by atoms with Crippen molar-refractivity contribution in [3.05, 3.63) is 34.9 Å². The molecule has 0 bridgehead atoms. The van der Waals surface area contributed by atoms with Crippen LogP contribution in [0.4, 0.5) is 0 Å². The van der Waals surface area contributed by atoms with Gasteiger partial charge in [0.25, 0.3) is 0 Å². The van der Waals surface area contributed by atoms with Crippen LogP contribution in [0.2, 0.25) is 5.02 Å². The summed E-state index contributed by atoms with van der Waals surface area (Å²) in [6.45, 7) is 0.320. The van der Waals surface area contributed by atoms with E-state index in [1.807, 2.05) is 12.1 Å². The van der Waals surface area contributed by atoms with Crippen LogP contribution < -0.4 is 0 Å². The lowest BCUT2D eigenvalue weighted by molar-refractivity contribution is 0.103. The Bertz CT molecular complexity index is 235. The fourth-order valence-corrected chi connectivity index (χ4v) is 0.813. The molecule has 4 heteroatoms. The molecule has 0 atom stereocenters. The van der Waals surface area contributed by atoms with E-state index in [9.17, 15) is 0 Å². The molecule has 0 aromatic heterocycles. The second kappa shape index (κ2) is 3.93. The van der Waals surface area contributed by atoms with Crippen molar-refractivity contribution in [2.45, 2.75) is 6.61 Å². The van der Waals surface area contributed by atoms with Crippen LogP contribution >= 0.6 is 11.6 Å². The average molecular weight is 171 g/mol. The molecule has 0 aliphatic rings. The predicted octanol–water partition coefficient (Wildman–Crippen LogP) is 2.80. The number of hydrogen-bond donors (Lipinski definition) is 1. The Kier molecular flexibility index (Phi) is 2.86. The Labute approximate surface area is 69.4 Å². The van der Waals surface area contributed by atoms with Gasteiger partial charge in [0.15, 0.2) is 0 Å². The average Bonchev–Trinajstić information content (AvgIpc) is 2.04. The van der Waals surface area contributed by atoms with Gasteiger partial charge < -0.3 is 4.84 Å². The smallest absolute Gasteiger partial charge is 0.144 e. The van der Waals surface area contributed by atoms with E-state index in [1.165, 1.54) is 0 Å². The first-order valence-electron chi connectivity index (χ1n) is 3.06. The van der Waals surface area contributed by atoms with Gasteiger partial charge in [0.2, 0.25) is 0 Å². The maximum Gasteiger partial charge on any atom is 0.144 e. The van der Waals surface area contributed by atoms with E-state index in [1.54, 1.807) is 12.1 Å². The highest BCUT2D eigenvalue weighted by Crippen LogP contribution is 2.09. The fraction of sp³-hybridized carbons (Fsp3) is 0.143. The van der Waals surface area contributed by atoms with Gasteiger partial charge >= 0.3 is 0 Å².